The molecule has 0 spiro atoms. The summed E-state index contributed by atoms with van der Waals surface area (Å²) in [5, 5.41) is 10.8. The fraction of sp³-hybridized carbons (Fsp3) is 0.222. The van der Waals surface area contributed by atoms with Crippen LogP contribution in [0.5, 0.6) is 5.75 Å². The number of hydrazine groups is 1. The predicted molar refractivity (Wildman–Crippen MR) is 107 cm³/mol. The van der Waals surface area contributed by atoms with Crippen LogP contribution in [0.15, 0.2) is 40.9 Å². The van der Waals surface area contributed by atoms with Gasteiger partial charge in [-0.25, -0.2) is 0 Å². The average Bonchev–Trinajstić information content (AvgIpc) is 2.65. The molecule has 28 heavy (non-hydrogen) atoms. The highest BCUT2D eigenvalue weighted by atomic mass is 79.9. The van der Waals surface area contributed by atoms with E-state index < -0.39 is 22.4 Å². The minimum atomic E-state index is -0.726. The zero-order valence-corrected chi connectivity index (χ0v) is 17.3. The van der Waals surface area contributed by atoms with Gasteiger partial charge in [0.05, 0.1) is 9.40 Å². The topological polar surface area (TPSA) is 111 Å². The van der Waals surface area contributed by atoms with Crippen LogP contribution in [-0.2, 0) is 4.79 Å². The van der Waals surface area contributed by atoms with Crippen molar-refractivity contribution >= 4 is 45.0 Å². The third-order valence-corrected chi connectivity index (χ3v) is 4.64. The summed E-state index contributed by atoms with van der Waals surface area (Å²) in [6.07, 6.45) is 0. The number of benzene rings is 2. The van der Waals surface area contributed by atoms with Crippen LogP contribution in [0, 0.1) is 10.1 Å². The van der Waals surface area contributed by atoms with Crippen LogP contribution in [0.1, 0.15) is 35.7 Å². The number of amides is 2. The van der Waals surface area contributed by atoms with E-state index in [1.807, 2.05) is 12.1 Å². The minimum Gasteiger partial charge on any atom is -0.483 e. The second-order valence-corrected chi connectivity index (χ2v) is 7.32. The molecule has 0 aliphatic heterocycles. The molecular weight excluding hydrogens is 454 g/mol. The van der Waals surface area contributed by atoms with E-state index in [0.29, 0.717) is 16.1 Å². The number of nitro groups is 1. The first kappa shape index (κ1) is 21.6. The molecule has 0 fully saturated rings. The van der Waals surface area contributed by atoms with E-state index in [0.717, 1.165) is 11.6 Å². The SMILES string of the molecule is CC(C)c1ccc(OCC(=O)NNC(=O)c2ccc(Cl)c([N+](=O)[O-])c2)c(Br)c1. The van der Waals surface area contributed by atoms with Gasteiger partial charge >= 0.3 is 0 Å². The van der Waals surface area contributed by atoms with E-state index in [1.54, 1.807) is 6.07 Å². The predicted octanol–water partition coefficient (Wildman–Crippen LogP) is 3.97. The summed E-state index contributed by atoms with van der Waals surface area (Å²) < 4.78 is 6.13. The van der Waals surface area contributed by atoms with Crippen molar-refractivity contribution in [2.75, 3.05) is 6.61 Å². The Hall–Kier alpha value is -2.65. The van der Waals surface area contributed by atoms with E-state index in [1.165, 1.54) is 12.1 Å². The Bertz CT molecular complexity index is 920. The lowest BCUT2D eigenvalue weighted by Gasteiger charge is -2.12. The molecule has 0 saturated carbocycles. The lowest BCUT2D eigenvalue weighted by molar-refractivity contribution is -0.384. The number of hydrogen-bond donors (Lipinski definition) is 2. The molecule has 8 nitrogen and oxygen atoms in total. The van der Waals surface area contributed by atoms with Gasteiger partial charge in [0.2, 0.25) is 0 Å². The van der Waals surface area contributed by atoms with E-state index in [2.05, 4.69) is 40.6 Å². The fourth-order valence-electron chi connectivity index (χ4n) is 2.17. The summed E-state index contributed by atoms with van der Waals surface area (Å²) in [4.78, 5) is 34.1. The Morgan fingerprint density at radius 2 is 1.93 bits per heavy atom. The second-order valence-electron chi connectivity index (χ2n) is 6.06. The Labute approximate surface area is 174 Å². The molecule has 10 heteroatoms. The Morgan fingerprint density at radius 1 is 1.21 bits per heavy atom. The molecule has 0 aliphatic carbocycles. The zero-order chi connectivity index (χ0) is 20.8. The number of carbonyl (C=O) groups is 2. The third-order valence-electron chi connectivity index (χ3n) is 3.70. The monoisotopic (exact) mass is 469 g/mol. The number of hydrogen-bond acceptors (Lipinski definition) is 5. The fourth-order valence-corrected chi connectivity index (χ4v) is 2.86. The van der Waals surface area contributed by atoms with Gasteiger partial charge in [-0.05, 0) is 51.7 Å². The maximum Gasteiger partial charge on any atom is 0.288 e. The molecule has 2 rings (SSSR count). The molecule has 2 aromatic rings. The van der Waals surface area contributed by atoms with Gasteiger partial charge in [-0.15, -0.1) is 0 Å². The van der Waals surface area contributed by atoms with Gasteiger partial charge < -0.3 is 4.74 Å². The summed E-state index contributed by atoms with van der Waals surface area (Å²) in [6.45, 7) is 3.79. The minimum absolute atomic E-state index is 0.0238. The van der Waals surface area contributed by atoms with Crippen molar-refractivity contribution in [3.05, 3.63) is 67.1 Å². The summed E-state index contributed by atoms with van der Waals surface area (Å²) in [7, 11) is 0. The molecule has 0 saturated heterocycles. The number of rotatable bonds is 6. The summed E-state index contributed by atoms with van der Waals surface area (Å²) >= 11 is 9.09. The third kappa shape index (κ3) is 5.67. The molecule has 0 radical (unpaired) electrons. The first-order chi connectivity index (χ1) is 13.2. The van der Waals surface area contributed by atoms with Crippen LogP contribution in [-0.4, -0.2) is 23.3 Å². The highest BCUT2D eigenvalue weighted by molar-refractivity contribution is 9.10. The summed E-state index contributed by atoms with van der Waals surface area (Å²) in [5.74, 6) is -0.487. The van der Waals surface area contributed by atoms with Gasteiger partial charge in [-0.2, -0.15) is 0 Å². The molecule has 148 valence electrons. The highest BCUT2D eigenvalue weighted by Crippen LogP contribution is 2.29. The molecule has 2 aromatic carbocycles. The van der Waals surface area contributed by atoms with Crippen molar-refractivity contribution in [3.63, 3.8) is 0 Å². The number of nitrogens with zero attached hydrogens (tertiary/aromatic N) is 1. The van der Waals surface area contributed by atoms with Crippen LogP contribution in [0.2, 0.25) is 5.02 Å². The van der Waals surface area contributed by atoms with Crippen LogP contribution < -0.4 is 15.6 Å². The first-order valence-corrected chi connectivity index (χ1v) is 9.31. The van der Waals surface area contributed by atoms with Crippen LogP contribution in [0.3, 0.4) is 0 Å². The molecule has 2 amide bonds. The quantitative estimate of drug-likeness (QED) is 0.490. The molecule has 0 unspecified atom stereocenters. The van der Waals surface area contributed by atoms with Crippen molar-refractivity contribution in [2.24, 2.45) is 0 Å². The smallest absolute Gasteiger partial charge is 0.288 e. The van der Waals surface area contributed by atoms with E-state index in [9.17, 15) is 19.7 Å². The van der Waals surface area contributed by atoms with Crippen molar-refractivity contribution in [3.8, 4) is 5.75 Å². The average molecular weight is 471 g/mol. The molecule has 2 N–H and O–H groups in total. The van der Waals surface area contributed by atoms with Gasteiger partial charge in [-0.1, -0.05) is 31.5 Å². The Kier molecular flexibility index (Phi) is 7.36. The largest absolute Gasteiger partial charge is 0.483 e. The highest BCUT2D eigenvalue weighted by Gasteiger charge is 2.17. The number of nitrogens with one attached hydrogen (secondary N) is 2. The van der Waals surface area contributed by atoms with Crippen molar-refractivity contribution in [1.29, 1.82) is 0 Å². The number of halogens is 2. The molecule has 0 aliphatic rings. The zero-order valence-electron chi connectivity index (χ0n) is 15.0. The van der Waals surface area contributed by atoms with Gasteiger partial charge in [0.25, 0.3) is 17.5 Å². The van der Waals surface area contributed by atoms with Crippen molar-refractivity contribution in [2.45, 2.75) is 19.8 Å². The lowest BCUT2D eigenvalue weighted by Crippen LogP contribution is -2.43. The second kappa shape index (κ2) is 9.52. The van der Waals surface area contributed by atoms with Gasteiger partial charge in [0.1, 0.15) is 10.8 Å². The molecular formula is C18H17BrClN3O5. The molecule has 0 heterocycles. The summed E-state index contributed by atoms with van der Waals surface area (Å²) in [5.41, 5.74) is 5.04. The number of carbonyl (C=O) groups excluding carboxylic acids is 2. The van der Waals surface area contributed by atoms with Gasteiger partial charge in [-0.3, -0.25) is 30.6 Å². The normalized spacial score (nSPS) is 10.5. The first-order valence-electron chi connectivity index (χ1n) is 8.14. The number of ether oxygens (including phenoxy) is 1. The van der Waals surface area contributed by atoms with E-state index in [-0.39, 0.29) is 17.2 Å². The van der Waals surface area contributed by atoms with E-state index in [4.69, 9.17) is 16.3 Å². The van der Waals surface area contributed by atoms with Crippen LogP contribution in [0.4, 0.5) is 5.69 Å². The molecule has 0 bridgehead atoms. The Morgan fingerprint density at radius 3 is 2.54 bits per heavy atom. The van der Waals surface area contributed by atoms with Crippen molar-refractivity contribution in [1.82, 2.24) is 10.9 Å². The maximum absolute atomic E-state index is 12.0. The van der Waals surface area contributed by atoms with Crippen molar-refractivity contribution < 1.29 is 19.2 Å². The molecule has 0 atom stereocenters. The Balaban J connectivity index is 1.90. The molecule has 0 aromatic heterocycles. The lowest BCUT2D eigenvalue weighted by atomic mass is 10.0. The number of nitro benzene ring substituents is 1. The summed E-state index contributed by atoms with van der Waals surface area (Å²) in [6, 6.07) is 9.12. The van der Waals surface area contributed by atoms with Crippen LogP contribution >= 0.6 is 27.5 Å². The van der Waals surface area contributed by atoms with Gasteiger partial charge in [0, 0.05) is 11.6 Å². The van der Waals surface area contributed by atoms with Gasteiger partial charge in [0.15, 0.2) is 6.61 Å². The van der Waals surface area contributed by atoms with Crippen LogP contribution in [0.25, 0.3) is 0 Å². The standard InChI is InChI=1S/C18H17BrClN3O5/c1-10(2)11-4-6-16(13(19)7-11)28-9-17(24)21-22-18(25)12-3-5-14(20)15(8-12)23(26)27/h3-8,10H,9H2,1-2H3,(H,21,24)(H,22,25). The van der Waals surface area contributed by atoms with E-state index >= 15 is 0 Å². The maximum atomic E-state index is 12.0.